The smallest absolute Gasteiger partial charge is 0.276 e. The molecule has 1 atom stereocenters. The van der Waals surface area contributed by atoms with Gasteiger partial charge in [-0.3, -0.25) is 9.48 Å². The minimum absolute atomic E-state index is 0.0302. The van der Waals surface area contributed by atoms with Gasteiger partial charge in [0.15, 0.2) is 5.69 Å². The van der Waals surface area contributed by atoms with Gasteiger partial charge in [0.05, 0.1) is 11.9 Å². The van der Waals surface area contributed by atoms with Gasteiger partial charge in [-0.2, -0.15) is 5.10 Å². The van der Waals surface area contributed by atoms with Gasteiger partial charge in [-0.15, -0.1) is 5.10 Å². The fraction of sp³-hybridized carbons (Fsp3) is 0.368. The molecule has 0 radical (unpaired) electrons. The topological polar surface area (TPSA) is 68.8 Å². The van der Waals surface area contributed by atoms with Gasteiger partial charge < -0.3 is 4.90 Å². The molecule has 3 aromatic rings. The van der Waals surface area contributed by atoms with Crippen molar-refractivity contribution in [2.45, 2.75) is 38.3 Å². The van der Waals surface area contributed by atoms with E-state index in [0.29, 0.717) is 5.69 Å². The van der Waals surface area contributed by atoms with Crippen LogP contribution in [0.1, 0.15) is 36.2 Å². The molecule has 0 saturated carbocycles. The van der Waals surface area contributed by atoms with Gasteiger partial charge in [-0.05, 0) is 43.9 Å². The Morgan fingerprint density at radius 2 is 2.04 bits per heavy atom. The highest BCUT2D eigenvalue weighted by Crippen LogP contribution is 2.22. The van der Waals surface area contributed by atoms with E-state index >= 15 is 0 Å². The van der Waals surface area contributed by atoms with Crippen LogP contribution in [0.3, 0.4) is 0 Å². The normalized spacial score (nSPS) is 17.4. The Labute approximate surface area is 152 Å². The molecule has 1 aliphatic rings. The van der Waals surface area contributed by atoms with Crippen molar-refractivity contribution in [3.8, 4) is 5.69 Å². The predicted molar refractivity (Wildman–Crippen MR) is 96.9 cm³/mol. The molecule has 0 aliphatic carbocycles. The summed E-state index contributed by atoms with van der Waals surface area (Å²) in [4.78, 5) is 15.0. The van der Waals surface area contributed by atoms with Crippen LogP contribution in [-0.2, 0) is 6.54 Å². The SMILES string of the molecule is O=C(c1cn(-c2ccccc2)nn1)N1CCCCC1CCn1cccn1. The molecule has 134 valence electrons. The average molecular weight is 350 g/mol. The van der Waals surface area contributed by atoms with Crippen LogP contribution >= 0.6 is 0 Å². The Bertz CT molecular complexity index is 842. The van der Waals surface area contributed by atoms with Gasteiger partial charge >= 0.3 is 0 Å². The summed E-state index contributed by atoms with van der Waals surface area (Å²) >= 11 is 0. The Balaban J connectivity index is 1.47. The summed E-state index contributed by atoms with van der Waals surface area (Å²) in [5.74, 6) is -0.0302. The fourth-order valence-corrected chi connectivity index (χ4v) is 3.50. The third-order valence-corrected chi connectivity index (χ3v) is 4.87. The molecule has 1 aromatic carbocycles. The molecular formula is C19H22N6O. The molecule has 1 unspecified atom stereocenters. The first-order valence-electron chi connectivity index (χ1n) is 9.07. The van der Waals surface area contributed by atoms with Gasteiger partial charge in [-0.25, -0.2) is 4.68 Å². The van der Waals surface area contributed by atoms with Crippen molar-refractivity contribution in [1.29, 1.82) is 0 Å². The van der Waals surface area contributed by atoms with Crippen LogP contribution < -0.4 is 0 Å². The van der Waals surface area contributed by atoms with Gasteiger partial charge in [0, 0.05) is 31.5 Å². The maximum atomic E-state index is 13.0. The molecule has 1 aliphatic heterocycles. The van der Waals surface area contributed by atoms with Crippen LogP contribution in [0.2, 0.25) is 0 Å². The van der Waals surface area contributed by atoms with E-state index in [1.54, 1.807) is 17.1 Å². The van der Waals surface area contributed by atoms with Crippen molar-refractivity contribution in [2.75, 3.05) is 6.54 Å². The van der Waals surface area contributed by atoms with Crippen LogP contribution in [0.5, 0.6) is 0 Å². The summed E-state index contributed by atoms with van der Waals surface area (Å²) in [6.07, 6.45) is 9.59. The summed E-state index contributed by atoms with van der Waals surface area (Å²) in [6, 6.07) is 11.9. The van der Waals surface area contributed by atoms with E-state index in [9.17, 15) is 4.79 Å². The average Bonchev–Trinajstić information content (AvgIpc) is 3.39. The van der Waals surface area contributed by atoms with Gasteiger partial charge in [0.2, 0.25) is 0 Å². The molecule has 1 fully saturated rings. The van der Waals surface area contributed by atoms with E-state index < -0.39 is 0 Å². The zero-order chi connectivity index (χ0) is 17.8. The summed E-state index contributed by atoms with van der Waals surface area (Å²) in [5.41, 5.74) is 1.30. The Morgan fingerprint density at radius 3 is 2.85 bits per heavy atom. The number of benzene rings is 1. The number of amides is 1. The van der Waals surface area contributed by atoms with Crippen LogP contribution in [0.4, 0.5) is 0 Å². The minimum atomic E-state index is -0.0302. The summed E-state index contributed by atoms with van der Waals surface area (Å²) < 4.78 is 3.57. The van der Waals surface area contributed by atoms with E-state index in [1.807, 2.05) is 52.2 Å². The van der Waals surface area contributed by atoms with Crippen molar-refractivity contribution in [2.24, 2.45) is 0 Å². The van der Waals surface area contributed by atoms with E-state index in [0.717, 1.165) is 44.5 Å². The molecule has 3 heterocycles. The van der Waals surface area contributed by atoms with Crippen LogP contribution in [0.25, 0.3) is 5.69 Å². The number of nitrogens with zero attached hydrogens (tertiary/aromatic N) is 6. The van der Waals surface area contributed by atoms with Crippen LogP contribution in [0.15, 0.2) is 55.0 Å². The summed E-state index contributed by atoms with van der Waals surface area (Å²) in [6.45, 7) is 1.60. The number of carbonyl (C=O) groups is 1. The van der Waals surface area contributed by atoms with Crippen molar-refractivity contribution >= 4 is 5.91 Å². The van der Waals surface area contributed by atoms with Gasteiger partial charge in [0.1, 0.15) is 0 Å². The number of carbonyl (C=O) groups excluding carboxylic acids is 1. The Kier molecular flexibility index (Phi) is 4.77. The number of aryl methyl sites for hydroxylation is 1. The zero-order valence-corrected chi connectivity index (χ0v) is 14.6. The second kappa shape index (κ2) is 7.51. The molecule has 4 rings (SSSR count). The second-order valence-electron chi connectivity index (χ2n) is 6.59. The van der Waals surface area contributed by atoms with Crippen molar-refractivity contribution in [1.82, 2.24) is 29.7 Å². The molecular weight excluding hydrogens is 328 g/mol. The van der Waals surface area contributed by atoms with E-state index in [2.05, 4.69) is 15.4 Å². The monoisotopic (exact) mass is 350 g/mol. The Morgan fingerprint density at radius 1 is 1.15 bits per heavy atom. The maximum Gasteiger partial charge on any atom is 0.276 e. The first-order valence-corrected chi connectivity index (χ1v) is 9.07. The van der Waals surface area contributed by atoms with Crippen LogP contribution in [-0.4, -0.2) is 48.2 Å². The fourth-order valence-electron chi connectivity index (χ4n) is 3.50. The first-order chi connectivity index (χ1) is 12.8. The van der Waals surface area contributed by atoms with Crippen LogP contribution in [0, 0.1) is 0 Å². The number of hydrogen-bond acceptors (Lipinski definition) is 4. The highest BCUT2D eigenvalue weighted by atomic mass is 16.2. The quantitative estimate of drug-likeness (QED) is 0.709. The highest BCUT2D eigenvalue weighted by molar-refractivity contribution is 5.92. The first kappa shape index (κ1) is 16.5. The molecule has 7 nitrogen and oxygen atoms in total. The number of aromatic nitrogens is 5. The number of para-hydroxylation sites is 1. The predicted octanol–water partition coefficient (Wildman–Crippen LogP) is 2.55. The lowest BCUT2D eigenvalue weighted by Crippen LogP contribution is -2.44. The summed E-state index contributed by atoms with van der Waals surface area (Å²) in [7, 11) is 0. The maximum absolute atomic E-state index is 13.0. The number of likely N-dealkylation sites (tertiary alicyclic amines) is 1. The molecule has 2 aromatic heterocycles. The highest BCUT2D eigenvalue weighted by Gasteiger charge is 2.29. The lowest BCUT2D eigenvalue weighted by atomic mass is 9.99. The Hall–Kier alpha value is -2.96. The zero-order valence-electron chi connectivity index (χ0n) is 14.6. The van der Waals surface area contributed by atoms with E-state index in [-0.39, 0.29) is 11.9 Å². The van der Waals surface area contributed by atoms with Gasteiger partial charge in [0.25, 0.3) is 5.91 Å². The third kappa shape index (κ3) is 3.51. The molecule has 1 amide bonds. The van der Waals surface area contributed by atoms with Crippen molar-refractivity contribution in [3.63, 3.8) is 0 Å². The number of piperidine rings is 1. The third-order valence-electron chi connectivity index (χ3n) is 4.87. The molecule has 1 saturated heterocycles. The largest absolute Gasteiger partial charge is 0.334 e. The van der Waals surface area contributed by atoms with Crippen molar-refractivity contribution < 1.29 is 4.79 Å². The standard InChI is InChI=1S/C19H22N6O/c26-19(18-15-25(22-21-18)17-8-2-1-3-9-17)24-13-5-4-7-16(24)10-14-23-12-6-11-20-23/h1-3,6,8-9,11-12,15-16H,4-5,7,10,13-14H2. The number of rotatable bonds is 5. The van der Waals surface area contributed by atoms with E-state index in [1.165, 1.54) is 0 Å². The molecule has 0 bridgehead atoms. The summed E-state index contributed by atoms with van der Waals surface area (Å²) in [5, 5.41) is 12.5. The lowest BCUT2D eigenvalue weighted by molar-refractivity contribution is 0.0588. The lowest BCUT2D eigenvalue weighted by Gasteiger charge is -2.35. The molecule has 7 heteroatoms. The van der Waals surface area contributed by atoms with Gasteiger partial charge in [-0.1, -0.05) is 23.4 Å². The minimum Gasteiger partial charge on any atom is -0.334 e. The molecule has 0 N–H and O–H groups in total. The van der Waals surface area contributed by atoms with Crippen molar-refractivity contribution in [3.05, 3.63) is 60.7 Å². The second-order valence-corrected chi connectivity index (χ2v) is 6.59. The molecule has 26 heavy (non-hydrogen) atoms. The molecule has 0 spiro atoms. The number of hydrogen-bond donors (Lipinski definition) is 0. The van der Waals surface area contributed by atoms with E-state index in [4.69, 9.17) is 0 Å².